The summed E-state index contributed by atoms with van der Waals surface area (Å²) in [6.45, 7) is 1.48. The minimum absolute atomic E-state index is 0.00867. The van der Waals surface area contributed by atoms with Crippen molar-refractivity contribution in [2.45, 2.75) is 32.4 Å². The van der Waals surface area contributed by atoms with Gasteiger partial charge in [0, 0.05) is 26.2 Å². The van der Waals surface area contributed by atoms with Crippen LogP contribution in [0.4, 0.5) is 0 Å². The fourth-order valence-electron chi connectivity index (χ4n) is 3.85. The quantitative estimate of drug-likeness (QED) is 0.496. The Labute approximate surface area is 178 Å². The van der Waals surface area contributed by atoms with E-state index in [-0.39, 0.29) is 30.3 Å². The molecule has 0 saturated carbocycles. The molecule has 2 atom stereocenters. The van der Waals surface area contributed by atoms with E-state index in [0.29, 0.717) is 38.9 Å². The number of aliphatic hydroxyl groups excluding tert-OH is 1. The second kappa shape index (κ2) is 11.3. The highest BCUT2D eigenvalue weighted by atomic mass is 16.3. The molecule has 0 aliphatic heterocycles. The van der Waals surface area contributed by atoms with Gasteiger partial charge in [0.15, 0.2) is 0 Å². The van der Waals surface area contributed by atoms with Gasteiger partial charge in [-0.25, -0.2) is 0 Å². The molecule has 5 nitrogen and oxygen atoms in total. The predicted molar refractivity (Wildman–Crippen MR) is 117 cm³/mol. The number of carbonyl (C=O) groups excluding carboxylic acids is 2. The molecule has 2 amide bonds. The summed E-state index contributed by atoms with van der Waals surface area (Å²) in [5.74, 6) is -0.855. The second-order valence-electron chi connectivity index (χ2n) is 7.69. The Balaban J connectivity index is 1.78. The van der Waals surface area contributed by atoms with Crippen LogP contribution < -0.4 is 5.32 Å². The van der Waals surface area contributed by atoms with Crippen molar-refractivity contribution in [2.24, 2.45) is 11.8 Å². The van der Waals surface area contributed by atoms with Gasteiger partial charge in [0.25, 0.3) is 0 Å². The first-order valence-electron chi connectivity index (χ1n) is 10.6. The Kier molecular flexibility index (Phi) is 8.21. The summed E-state index contributed by atoms with van der Waals surface area (Å²) in [7, 11) is 0. The van der Waals surface area contributed by atoms with Crippen molar-refractivity contribution in [3.8, 4) is 0 Å². The van der Waals surface area contributed by atoms with Gasteiger partial charge in [-0.3, -0.25) is 9.59 Å². The van der Waals surface area contributed by atoms with E-state index in [2.05, 4.69) is 5.32 Å². The van der Waals surface area contributed by atoms with Crippen molar-refractivity contribution in [3.63, 3.8) is 0 Å². The van der Waals surface area contributed by atoms with Gasteiger partial charge in [-0.15, -0.1) is 0 Å². The zero-order chi connectivity index (χ0) is 21.2. The molecular formula is C25H30N2O3. The predicted octanol–water partition coefficient (Wildman–Crippen LogP) is 3.30. The lowest BCUT2D eigenvalue weighted by Crippen LogP contribution is -2.44. The molecule has 0 fully saturated rings. The van der Waals surface area contributed by atoms with Gasteiger partial charge in [0.1, 0.15) is 0 Å². The normalized spacial score (nSPS) is 18.0. The van der Waals surface area contributed by atoms with Crippen molar-refractivity contribution >= 4 is 11.8 Å². The van der Waals surface area contributed by atoms with Gasteiger partial charge in [-0.2, -0.15) is 0 Å². The van der Waals surface area contributed by atoms with Gasteiger partial charge in [-0.1, -0.05) is 72.8 Å². The number of allylic oxidation sites excluding steroid dienone is 2. The second-order valence-corrected chi connectivity index (χ2v) is 7.69. The zero-order valence-electron chi connectivity index (χ0n) is 17.2. The lowest BCUT2D eigenvalue weighted by atomic mass is 9.81. The lowest BCUT2D eigenvalue weighted by molar-refractivity contribution is -0.143. The van der Waals surface area contributed by atoms with Crippen molar-refractivity contribution in [1.29, 1.82) is 0 Å². The smallest absolute Gasteiger partial charge is 0.227 e. The van der Waals surface area contributed by atoms with Crippen LogP contribution in [0.25, 0.3) is 0 Å². The molecule has 2 unspecified atom stereocenters. The van der Waals surface area contributed by atoms with Crippen LogP contribution in [0.2, 0.25) is 0 Å². The molecular weight excluding hydrogens is 376 g/mol. The summed E-state index contributed by atoms with van der Waals surface area (Å²) in [5.41, 5.74) is 2.13. The van der Waals surface area contributed by atoms with Crippen LogP contribution in [0, 0.1) is 11.8 Å². The van der Waals surface area contributed by atoms with E-state index in [9.17, 15) is 9.59 Å². The summed E-state index contributed by atoms with van der Waals surface area (Å²) in [6, 6.07) is 19.9. The minimum Gasteiger partial charge on any atom is -0.396 e. The number of nitrogens with one attached hydrogen (secondary N) is 1. The van der Waals surface area contributed by atoms with Crippen LogP contribution in [0.1, 0.15) is 30.4 Å². The van der Waals surface area contributed by atoms with Gasteiger partial charge < -0.3 is 15.3 Å². The van der Waals surface area contributed by atoms with Gasteiger partial charge in [-0.05, 0) is 30.4 Å². The van der Waals surface area contributed by atoms with E-state index in [1.54, 1.807) is 0 Å². The lowest BCUT2D eigenvalue weighted by Gasteiger charge is -2.32. The molecule has 0 radical (unpaired) electrons. The van der Waals surface area contributed by atoms with Crippen molar-refractivity contribution < 1.29 is 14.7 Å². The number of hydrogen-bond donors (Lipinski definition) is 2. The maximum absolute atomic E-state index is 13.6. The van der Waals surface area contributed by atoms with Gasteiger partial charge >= 0.3 is 0 Å². The third-order valence-electron chi connectivity index (χ3n) is 5.46. The Bertz CT molecular complexity index is 794. The fourth-order valence-corrected chi connectivity index (χ4v) is 3.85. The summed E-state index contributed by atoms with van der Waals surface area (Å²) in [5, 5.41) is 11.8. The van der Waals surface area contributed by atoms with E-state index in [4.69, 9.17) is 5.11 Å². The molecule has 0 spiro atoms. The molecule has 158 valence electrons. The molecule has 5 heteroatoms. The fraction of sp³-hybridized carbons (Fsp3) is 0.360. The Morgan fingerprint density at radius 2 is 1.40 bits per heavy atom. The first-order valence-corrected chi connectivity index (χ1v) is 10.6. The monoisotopic (exact) mass is 406 g/mol. The molecule has 2 N–H and O–H groups in total. The third-order valence-corrected chi connectivity index (χ3v) is 5.46. The molecule has 3 rings (SSSR count). The molecule has 0 bridgehead atoms. The van der Waals surface area contributed by atoms with Crippen LogP contribution in [-0.4, -0.2) is 35.0 Å². The average Bonchev–Trinajstić information content (AvgIpc) is 2.79. The van der Waals surface area contributed by atoms with Crippen molar-refractivity contribution in [1.82, 2.24) is 10.2 Å². The molecule has 2 aromatic rings. The maximum atomic E-state index is 13.6. The van der Waals surface area contributed by atoms with Gasteiger partial charge in [0.2, 0.25) is 11.8 Å². The van der Waals surface area contributed by atoms with Crippen molar-refractivity contribution in [2.75, 3.05) is 13.2 Å². The van der Waals surface area contributed by atoms with Gasteiger partial charge in [0.05, 0.1) is 11.8 Å². The summed E-state index contributed by atoms with van der Waals surface area (Å²) in [6.07, 6.45) is 5.63. The number of carbonyl (C=O) groups is 2. The zero-order valence-corrected chi connectivity index (χ0v) is 17.2. The number of hydrogen-bond acceptors (Lipinski definition) is 3. The highest BCUT2D eigenvalue weighted by Crippen LogP contribution is 2.29. The maximum Gasteiger partial charge on any atom is 0.227 e. The highest BCUT2D eigenvalue weighted by molar-refractivity contribution is 5.88. The largest absolute Gasteiger partial charge is 0.396 e. The Hall–Kier alpha value is -2.92. The van der Waals surface area contributed by atoms with Crippen LogP contribution in [-0.2, 0) is 22.7 Å². The molecule has 0 saturated heterocycles. The summed E-state index contributed by atoms with van der Waals surface area (Å²) >= 11 is 0. The van der Waals surface area contributed by atoms with E-state index in [0.717, 1.165) is 11.1 Å². The number of benzene rings is 2. The first kappa shape index (κ1) is 21.8. The number of nitrogens with zero attached hydrogens (tertiary/aromatic N) is 1. The highest BCUT2D eigenvalue weighted by Gasteiger charge is 2.36. The standard InChI is InChI=1S/C25H30N2O3/c28-17-9-16-26-24(29)22-14-7-8-15-23(22)25(30)27(18-20-10-3-1-4-11-20)19-21-12-5-2-6-13-21/h1-8,10-13,22-23,28H,9,14-19H2,(H,26,29). The number of aliphatic hydroxyl groups is 1. The Morgan fingerprint density at radius 1 is 0.867 bits per heavy atom. The summed E-state index contributed by atoms with van der Waals surface area (Å²) in [4.78, 5) is 28.2. The van der Waals surface area contributed by atoms with Crippen molar-refractivity contribution in [3.05, 3.63) is 83.9 Å². The average molecular weight is 407 g/mol. The van der Waals surface area contributed by atoms with Crippen LogP contribution in [0.3, 0.4) is 0 Å². The van der Waals surface area contributed by atoms with E-state index >= 15 is 0 Å². The molecule has 0 heterocycles. The van der Waals surface area contributed by atoms with Crippen LogP contribution >= 0.6 is 0 Å². The van der Waals surface area contributed by atoms with Crippen LogP contribution in [0.5, 0.6) is 0 Å². The first-order chi connectivity index (χ1) is 14.7. The molecule has 1 aliphatic rings. The topological polar surface area (TPSA) is 69.6 Å². The summed E-state index contributed by atoms with van der Waals surface area (Å²) < 4.78 is 0. The molecule has 1 aliphatic carbocycles. The molecule has 30 heavy (non-hydrogen) atoms. The Morgan fingerprint density at radius 3 is 1.93 bits per heavy atom. The number of amides is 2. The van der Waals surface area contributed by atoms with E-state index in [1.807, 2.05) is 77.7 Å². The molecule has 2 aromatic carbocycles. The van der Waals surface area contributed by atoms with E-state index in [1.165, 1.54) is 0 Å². The SMILES string of the molecule is O=C(NCCCO)C1CC=CCC1C(=O)N(Cc1ccccc1)Cc1ccccc1. The minimum atomic E-state index is -0.379. The van der Waals surface area contributed by atoms with E-state index < -0.39 is 0 Å². The number of rotatable bonds is 9. The molecule has 0 aromatic heterocycles. The van der Waals surface area contributed by atoms with Crippen LogP contribution in [0.15, 0.2) is 72.8 Å². The third kappa shape index (κ3) is 6.04.